The lowest BCUT2D eigenvalue weighted by atomic mass is 9.98. The van der Waals surface area contributed by atoms with Gasteiger partial charge in [-0.3, -0.25) is 10.1 Å². The molecule has 25 heavy (non-hydrogen) atoms. The number of amides is 1. The third-order valence-corrected chi connectivity index (χ3v) is 4.05. The first-order valence-electron chi connectivity index (χ1n) is 8.01. The molecule has 1 fully saturated rings. The van der Waals surface area contributed by atoms with E-state index in [-0.39, 0.29) is 11.7 Å². The number of ether oxygens (including phenoxy) is 1. The van der Waals surface area contributed by atoms with Gasteiger partial charge in [-0.05, 0) is 50.2 Å². The summed E-state index contributed by atoms with van der Waals surface area (Å²) in [5.41, 5.74) is 0.313. The number of nitrogens with zero attached hydrogens (tertiary/aromatic N) is 3. The molecule has 1 aromatic carbocycles. The van der Waals surface area contributed by atoms with Crippen LogP contribution >= 0.6 is 0 Å². The Morgan fingerprint density at radius 1 is 1.32 bits per heavy atom. The van der Waals surface area contributed by atoms with Gasteiger partial charge in [-0.1, -0.05) is 0 Å². The van der Waals surface area contributed by atoms with Gasteiger partial charge < -0.3 is 10.1 Å². The zero-order valence-electron chi connectivity index (χ0n) is 13.7. The molecule has 2 aromatic rings. The average Bonchev–Trinajstić information content (AvgIpc) is 2.96. The number of carbonyl (C=O) groups excluding carboxylic acids is 1. The van der Waals surface area contributed by atoms with Gasteiger partial charge in [0.05, 0.1) is 0 Å². The molecule has 3 rings (SSSR count). The summed E-state index contributed by atoms with van der Waals surface area (Å²) in [6.45, 7) is -1.04. The fourth-order valence-corrected chi connectivity index (χ4v) is 2.73. The third-order valence-electron chi connectivity index (χ3n) is 4.05. The monoisotopic (exact) mass is 351 g/mol. The lowest BCUT2D eigenvalue weighted by Crippen LogP contribution is -2.27. The lowest BCUT2D eigenvalue weighted by molar-refractivity contribution is -0.0498. The Hall–Kier alpha value is -2.55. The summed E-state index contributed by atoms with van der Waals surface area (Å²) in [4.78, 5) is 16.7. The molecule has 0 saturated carbocycles. The molecular weight excluding hydrogens is 332 g/mol. The summed E-state index contributed by atoms with van der Waals surface area (Å²) in [5, 5.41) is 10.4. The summed E-state index contributed by atoms with van der Waals surface area (Å²) in [6, 6.07) is 5.46. The number of halogens is 2. The second-order valence-electron chi connectivity index (χ2n) is 5.80. The van der Waals surface area contributed by atoms with Crippen LogP contribution in [-0.4, -0.2) is 40.4 Å². The van der Waals surface area contributed by atoms with Crippen LogP contribution in [0.25, 0.3) is 0 Å². The van der Waals surface area contributed by atoms with Gasteiger partial charge in [0.2, 0.25) is 5.95 Å². The van der Waals surface area contributed by atoms with Crippen LogP contribution in [0, 0.1) is 0 Å². The highest BCUT2D eigenvalue weighted by molar-refractivity contribution is 6.03. The Labute approximate surface area is 143 Å². The Balaban J connectivity index is 1.67. The number of hydrogen-bond donors (Lipinski definition) is 2. The van der Waals surface area contributed by atoms with E-state index in [1.807, 2.05) is 0 Å². The standard InChI is InChI=1S/C16H19F2N5O2/c1-23-16(20-13(22-23)10-6-8-19-9-7-10)21-14(24)11-2-4-12(5-3-11)25-15(17)18/h2-5,10,15,19H,6-9H2,1H3,(H,20,21,22,24). The maximum absolute atomic E-state index is 12.3. The molecule has 0 bridgehead atoms. The van der Waals surface area contributed by atoms with Gasteiger partial charge in [0.1, 0.15) is 5.75 Å². The van der Waals surface area contributed by atoms with Crippen molar-refractivity contribution in [2.75, 3.05) is 18.4 Å². The molecule has 1 aliphatic heterocycles. The van der Waals surface area contributed by atoms with Crippen LogP contribution in [0.15, 0.2) is 24.3 Å². The minimum absolute atomic E-state index is 0.00148. The number of aryl methyl sites for hydroxylation is 1. The zero-order valence-corrected chi connectivity index (χ0v) is 13.7. The first-order chi connectivity index (χ1) is 12.0. The van der Waals surface area contributed by atoms with Crippen LogP contribution in [0.1, 0.15) is 34.9 Å². The molecule has 1 aromatic heterocycles. The average molecular weight is 351 g/mol. The summed E-state index contributed by atoms with van der Waals surface area (Å²) < 4.78 is 30.1. The summed E-state index contributed by atoms with van der Waals surface area (Å²) in [6.07, 6.45) is 1.92. The van der Waals surface area contributed by atoms with Crippen molar-refractivity contribution in [3.63, 3.8) is 0 Å². The fourth-order valence-electron chi connectivity index (χ4n) is 2.73. The maximum Gasteiger partial charge on any atom is 0.387 e. The molecule has 9 heteroatoms. The molecule has 0 aliphatic carbocycles. The van der Waals surface area contributed by atoms with Gasteiger partial charge in [-0.2, -0.15) is 18.9 Å². The molecule has 1 saturated heterocycles. The normalized spacial score (nSPS) is 15.4. The van der Waals surface area contributed by atoms with Gasteiger partial charge >= 0.3 is 6.61 Å². The molecule has 2 N–H and O–H groups in total. The van der Waals surface area contributed by atoms with Gasteiger partial charge in [-0.15, -0.1) is 0 Å². The summed E-state index contributed by atoms with van der Waals surface area (Å²) in [5.74, 6) is 0.963. The van der Waals surface area contributed by atoms with Crippen LogP contribution in [0.3, 0.4) is 0 Å². The topological polar surface area (TPSA) is 81.1 Å². The van der Waals surface area contributed by atoms with E-state index in [1.165, 1.54) is 28.9 Å². The molecule has 7 nitrogen and oxygen atoms in total. The van der Waals surface area contributed by atoms with E-state index in [0.29, 0.717) is 11.5 Å². The number of carbonyl (C=O) groups is 1. The lowest BCUT2D eigenvalue weighted by Gasteiger charge is -2.19. The number of alkyl halides is 2. The van der Waals surface area contributed by atoms with Crippen LogP contribution in [-0.2, 0) is 7.05 Å². The minimum Gasteiger partial charge on any atom is -0.435 e. The molecule has 0 unspecified atom stereocenters. The smallest absolute Gasteiger partial charge is 0.387 e. The SMILES string of the molecule is Cn1nc(C2CCNCC2)nc1NC(=O)c1ccc(OC(F)F)cc1. The second kappa shape index (κ2) is 7.56. The number of hydrogen-bond acceptors (Lipinski definition) is 5. The van der Waals surface area contributed by atoms with Gasteiger partial charge in [0.15, 0.2) is 5.82 Å². The van der Waals surface area contributed by atoms with Crippen LogP contribution in [0.4, 0.5) is 14.7 Å². The molecule has 2 heterocycles. The van der Waals surface area contributed by atoms with Gasteiger partial charge in [0, 0.05) is 18.5 Å². The molecule has 0 atom stereocenters. The number of piperidine rings is 1. The second-order valence-corrected chi connectivity index (χ2v) is 5.80. The first-order valence-corrected chi connectivity index (χ1v) is 8.01. The number of nitrogens with one attached hydrogen (secondary N) is 2. The largest absolute Gasteiger partial charge is 0.435 e. The number of anilines is 1. The van der Waals surface area contributed by atoms with Crippen LogP contribution in [0.2, 0.25) is 0 Å². The van der Waals surface area contributed by atoms with Crippen LogP contribution < -0.4 is 15.4 Å². The zero-order chi connectivity index (χ0) is 17.8. The van der Waals surface area contributed by atoms with Gasteiger partial charge in [0.25, 0.3) is 5.91 Å². The Kier molecular flexibility index (Phi) is 5.22. The van der Waals surface area contributed by atoms with Crippen molar-refractivity contribution >= 4 is 11.9 Å². The van der Waals surface area contributed by atoms with Crippen molar-refractivity contribution in [2.45, 2.75) is 25.4 Å². The molecule has 1 aliphatic rings. The predicted molar refractivity (Wildman–Crippen MR) is 86.9 cm³/mol. The first kappa shape index (κ1) is 17.3. The van der Waals surface area contributed by atoms with E-state index >= 15 is 0 Å². The van der Waals surface area contributed by atoms with Crippen molar-refractivity contribution < 1.29 is 18.3 Å². The highest BCUT2D eigenvalue weighted by Gasteiger charge is 2.21. The minimum atomic E-state index is -2.90. The number of rotatable bonds is 5. The number of aromatic nitrogens is 3. The molecule has 134 valence electrons. The molecule has 1 amide bonds. The number of benzene rings is 1. The molecule has 0 radical (unpaired) electrons. The highest BCUT2D eigenvalue weighted by Crippen LogP contribution is 2.23. The van der Waals surface area contributed by atoms with E-state index in [4.69, 9.17) is 0 Å². The third kappa shape index (κ3) is 4.30. The van der Waals surface area contributed by atoms with E-state index in [0.717, 1.165) is 31.8 Å². The van der Waals surface area contributed by atoms with E-state index in [1.54, 1.807) is 7.05 Å². The van der Waals surface area contributed by atoms with Crippen LogP contribution in [0.5, 0.6) is 5.75 Å². The van der Waals surface area contributed by atoms with E-state index < -0.39 is 12.5 Å². The van der Waals surface area contributed by atoms with E-state index in [9.17, 15) is 13.6 Å². The van der Waals surface area contributed by atoms with E-state index in [2.05, 4.69) is 25.5 Å². The van der Waals surface area contributed by atoms with Crippen molar-refractivity contribution in [1.29, 1.82) is 0 Å². The quantitative estimate of drug-likeness (QED) is 0.863. The predicted octanol–water partition coefficient (Wildman–Crippen LogP) is 2.14. The highest BCUT2D eigenvalue weighted by atomic mass is 19.3. The Morgan fingerprint density at radius 2 is 2.00 bits per heavy atom. The maximum atomic E-state index is 12.3. The molecule has 0 spiro atoms. The summed E-state index contributed by atoms with van der Waals surface area (Å²) in [7, 11) is 1.72. The molecular formula is C16H19F2N5O2. The van der Waals surface area contributed by atoms with Crippen molar-refractivity contribution in [2.24, 2.45) is 7.05 Å². The van der Waals surface area contributed by atoms with Crippen molar-refractivity contribution in [3.8, 4) is 5.75 Å². The fraction of sp³-hybridized carbons (Fsp3) is 0.438. The summed E-state index contributed by atoms with van der Waals surface area (Å²) >= 11 is 0. The Morgan fingerprint density at radius 3 is 2.64 bits per heavy atom. The van der Waals surface area contributed by atoms with Crippen molar-refractivity contribution in [3.05, 3.63) is 35.7 Å². The Bertz CT molecular complexity index is 727. The van der Waals surface area contributed by atoms with Gasteiger partial charge in [-0.25, -0.2) is 4.68 Å². The van der Waals surface area contributed by atoms with Crippen molar-refractivity contribution in [1.82, 2.24) is 20.1 Å².